The molecule has 0 spiro atoms. The van der Waals surface area contributed by atoms with Crippen LogP contribution in [0, 0.1) is 11.8 Å². The van der Waals surface area contributed by atoms with Crippen molar-refractivity contribution in [3.63, 3.8) is 0 Å². The van der Waals surface area contributed by atoms with Crippen molar-refractivity contribution in [2.45, 2.75) is 190 Å². The number of carbonyl (C=O) groups excluding carboxylic acids is 8. The second-order valence-corrected chi connectivity index (χ2v) is 28.2. The average molecular weight is 1640 g/mol. The summed E-state index contributed by atoms with van der Waals surface area (Å²) in [4.78, 5) is 112. The largest absolute Gasteiger partial charge is 0.471 e. The summed E-state index contributed by atoms with van der Waals surface area (Å²) >= 11 is 0. The Hall–Kier alpha value is -4.85. The van der Waals surface area contributed by atoms with Crippen LogP contribution in [0.25, 0.3) is 0 Å². The molecule has 0 aromatic rings. The van der Waals surface area contributed by atoms with Gasteiger partial charge in [0, 0.05) is 72.4 Å². The van der Waals surface area contributed by atoms with E-state index >= 15 is 0 Å². The zero-order chi connectivity index (χ0) is 82.5. The van der Waals surface area contributed by atoms with E-state index in [0.29, 0.717) is 51.4 Å². The highest BCUT2D eigenvalue weighted by atomic mass is 31.2. The Labute approximate surface area is 652 Å². The lowest BCUT2D eigenvalue weighted by Crippen LogP contribution is -2.64. The minimum Gasteiger partial charge on any atom is -0.396 e. The Morgan fingerprint density at radius 1 is 0.429 bits per heavy atom. The predicted octanol–water partition coefficient (Wildman–Crippen LogP) is -6.25. The number of nitrogens with one attached hydrogen (secondary N) is 7. The zero-order valence-corrected chi connectivity index (χ0v) is 65.6. The SMILES string of the molecule is COP(=O)(O)OCCCCCCNC(=O)[C@H](CCCCNC(=O)COCCOCCOCCO[C@@H]1O[C@H](CO)[C@H](O)[C@H](O)[C@H]1NC(C)=O)CC(=O)[C@H](CCCCNC(=O)COCCOCCOCCO[C@@H]1O[C@H](CO)[C@H](O)[C@H](O)[C@H]1NC(C)=O)NC(=O)COCCOCCOCCO[C@@H]1C[C@H](CO)[C@H](O)[C@H](O)[C@H]1NC(C)=O. The lowest BCUT2D eigenvalue weighted by molar-refractivity contribution is -0.272. The number of unbranched alkanes of at least 4 members (excludes halogenated alkanes) is 5. The lowest BCUT2D eigenvalue weighted by Gasteiger charge is -2.42. The van der Waals surface area contributed by atoms with Gasteiger partial charge in [0.15, 0.2) is 18.4 Å². The molecule has 2 aliphatic heterocycles. The van der Waals surface area contributed by atoms with E-state index in [1.165, 1.54) is 20.8 Å². The Balaban J connectivity index is 1.49. The minimum absolute atomic E-state index is 0.0167. The molecule has 18 atom stereocenters. The molecule has 17 N–H and O–H groups in total. The van der Waals surface area contributed by atoms with Crippen molar-refractivity contribution in [2.75, 3.05) is 192 Å². The molecule has 0 aromatic carbocycles. The molecule has 2 heterocycles. The third-order valence-electron chi connectivity index (χ3n) is 17.7. The van der Waals surface area contributed by atoms with Crippen LogP contribution in [0.2, 0.25) is 0 Å². The number of aliphatic hydroxyl groups is 9. The molecule has 3 fully saturated rings. The number of carbonyl (C=O) groups is 8. The van der Waals surface area contributed by atoms with Gasteiger partial charge < -0.3 is 154 Å². The molecule has 3 aliphatic rings. The molecule has 0 radical (unpaired) electrons. The van der Waals surface area contributed by atoms with Gasteiger partial charge in [0.05, 0.1) is 163 Å². The first-order valence-electron chi connectivity index (χ1n) is 38.0. The summed E-state index contributed by atoms with van der Waals surface area (Å²) in [5.41, 5.74) is 0. The average Bonchev–Trinajstić information content (AvgIpc) is 0.821. The van der Waals surface area contributed by atoms with Gasteiger partial charge in [0.2, 0.25) is 41.4 Å². The molecule has 42 nitrogen and oxygen atoms in total. The fourth-order valence-corrected chi connectivity index (χ4v) is 12.2. The molecule has 1 aliphatic carbocycles. The standard InChI is InChI=1S/C69H126N7O35P/c1-45(80)73-58-52(38-49(39-77)61(87)64(58)90)106-34-31-100-22-19-99-27-30-105-44-57(86)76-50(14-8-11-16-71-56(85)43-104-29-26-98-21-24-102-33-36-108-69-60(75-47(3)82)66(92)63(89)54(41-79)111-69)51(83)37-48(67(93)72-17-9-5-6-12-18-109-112(94,95)96-4)13-7-10-15-70-55(84)42-103-28-25-97-20-23-101-32-35-107-68-59(74-46(2)81)65(91)62(88)53(40-78)110-68/h48-50,52-54,58-66,68-69,77-79,87-92H,5-44H2,1-4H3,(H,70,84)(H,71,85)(H,72,93)(H,73,80)(H,74,81)(H,75,82)(H,76,86)(H,94,95)/t48-,49-,50+,52-,53-,54-,58+,59-,60-,61+,62+,63+,64-,65-,66-,68-,69-/m1/s1. The van der Waals surface area contributed by atoms with E-state index in [4.69, 9.17) is 70.8 Å². The number of rotatable bonds is 66. The van der Waals surface area contributed by atoms with E-state index in [0.717, 1.165) is 7.11 Å². The number of aliphatic hydroxyl groups excluding tert-OH is 9. The Kier molecular flexibility index (Phi) is 54.8. The number of phosphoric acid groups is 1. The molecule has 652 valence electrons. The van der Waals surface area contributed by atoms with Crippen molar-refractivity contribution in [3.05, 3.63) is 0 Å². The van der Waals surface area contributed by atoms with E-state index in [2.05, 4.69) is 41.7 Å². The highest BCUT2D eigenvalue weighted by molar-refractivity contribution is 7.47. The molecule has 0 bridgehead atoms. The fourth-order valence-electron chi connectivity index (χ4n) is 11.8. The molecule has 0 aromatic heterocycles. The minimum atomic E-state index is -4.13. The summed E-state index contributed by atoms with van der Waals surface area (Å²) < 4.78 is 98.7. The summed E-state index contributed by atoms with van der Waals surface area (Å²) in [7, 11) is -3.07. The summed E-state index contributed by atoms with van der Waals surface area (Å²) in [6, 6.07) is -4.16. The molecule has 1 unspecified atom stereocenters. The first-order valence-corrected chi connectivity index (χ1v) is 39.5. The molecular formula is C69H126N7O35P. The molecule has 7 amide bonds. The van der Waals surface area contributed by atoms with Crippen LogP contribution in [-0.2, 0) is 118 Å². The van der Waals surface area contributed by atoms with Crippen molar-refractivity contribution in [1.82, 2.24) is 37.2 Å². The van der Waals surface area contributed by atoms with Gasteiger partial charge in [0.25, 0.3) is 0 Å². The number of ketones is 1. The zero-order valence-electron chi connectivity index (χ0n) is 64.7. The summed E-state index contributed by atoms with van der Waals surface area (Å²) in [5, 5.41) is 110. The smallest absolute Gasteiger partial charge is 0.396 e. The van der Waals surface area contributed by atoms with Crippen LogP contribution in [-0.4, -0.2) is 382 Å². The van der Waals surface area contributed by atoms with Gasteiger partial charge in [-0.25, -0.2) is 4.57 Å². The fraction of sp³-hybridized carbons (Fsp3) is 0.884. The first kappa shape index (κ1) is 101. The van der Waals surface area contributed by atoms with Crippen LogP contribution in [0.4, 0.5) is 0 Å². The third-order valence-corrected chi connectivity index (χ3v) is 18.7. The van der Waals surface area contributed by atoms with Crippen molar-refractivity contribution < 1.29 is 169 Å². The number of phosphoric ester groups is 1. The van der Waals surface area contributed by atoms with Gasteiger partial charge in [-0.1, -0.05) is 19.3 Å². The van der Waals surface area contributed by atoms with Gasteiger partial charge >= 0.3 is 7.82 Å². The second kappa shape index (κ2) is 60.6. The topological polar surface area (TPSA) is 588 Å². The lowest BCUT2D eigenvalue weighted by atomic mass is 9.79. The quantitative estimate of drug-likeness (QED) is 0.0199. The van der Waals surface area contributed by atoms with Crippen LogP contribution in [0.15, 0.2) is 0 Å². The van der Waals surface area contributed by atoms with Gasteiger partial charge in [-0.3, -0.25) is 47.4 Å². The van der Waals surface area contributed by atoms with Gasteiger partial charge in [-0.2, -0.15) is 0 Å². The second-order valence-electron chi connectivity index (χ2n) is 26.6. The molecule has 43 heteroatoms. The summed E-state index contributed by atoms with van der Waals surface area (Å²) in [6.07, 6.45) is -9.70. The number of Topliss-reactive ketones (excluding diaryl/α,β-unsaturated/α-hetero) is 1. The van der Waals surface area contributed by atoms with E-state index in [1.807, 2.05) is 0 Å². The highest BCUT2D eigenvalue weighted by Crippen LogP contribution is 2.42. The predicted molar refractivity (Wildman–Crippen MR) is 388 cm³/mol. The van der Waals surface area contributed by atoms with E-state index in [-0.39, 0.29) is 191 Å². The van der Waals surface area contributed by atoms with Crippen molar-refractivity contribution in [3.8, 4) is 0 Å². The van der Waals surface area contributed by atoms with Gasteiger partial charge in [-0.15, -0.1) is 0 Å². The molecule has 2 saturated heterocycles. The molecule has 1 saturated carbocycles. The number of amides is 7. The Morgan fingerprint density at radius 3 is 1.25 bits per heavy atom. The maximum absolute atomic E-state index is 14.3. The van der Waals surface area contributed by atoms with Gasteiger partial charge in [0.1, 0.15) is 74.6 Å². The first-order chi connectivity index (χ1) is 53.8. The van der Waals surface area contributed by atoms with E-state index < -0.39 is 178 Å². The van der Waals surface area contributed by atoms with Crippen molar-refractivity contribution >= 4 is 55.0 Å². The summed E-state index contributed by atoms with van der Waals surface area (Å²) in [5.74, 6) is -5.24. The van der Waals surface area contributed by atoms with Crippen molar-refractivity contribution in [1.29, 1.82) is 0 Å². The van der Waals surface area contributed by atoms with Crippen LogP contribution < -0.4 is 37.2 Å². The molecule has 3 rings (SSSR count). The Morgan fingerprint density at radius 2 is 0.812 bits per heavy atom. The van der Waals surface area contributed by atoms with Crippen LogP contribution in [0.3, 0.4) is 0 Å². The third kappa shape index (κ3) is 43.4. The van der Waals surface area contributed by atoms with Crippen LogP contribution >= 0.6 is 7.82 Å². The maximum atomic E-state index is 14.3. The van der Waals surface area contributed by atoms with Crippen LogP contribution in [0.1, 0.15) is 97.8 Å². The van der Waals surface area contributed by atoms with Gasteiger partial charge in [-0.05, 0) is 51.4 Å². The van der Waals surface area contributed by atoms with E-state index in [1.54, 1.807) is 0 Å². The van der Waals surface area contributed by atoms with Crippen LogP contribution in [0.5, 0.6) is 0 Å². The Bertz CT molecular complexity index is 2660. The normalized spacial score (nSPS) is 24.9. The monoisotopic (exact) mass is 1640 g/mol. The maximum Gasteiger partial charge on any atom is 0.471 e. The van der Waals surface area contributed by atoms with E-state index in [9.17, 15) is 93.8 Å². The van der Waals surface area contributed by atoms with Crippen molar-refractivity contribution in [2.24, 2.45) is 11.8 Å². The highest BCUT2D eigenvalue weighted by Gasteiger charge is 2.48. The number of hydrogen-bond acceptors (Lipinski definition) is 34. The molecular weight excluding hydrogens is 1520 g/mol. The molecule has 112 heavy (non-hydrogen) atoms. The summed E-state index contributed by atoms with van der Waals surface area (Å²) in [6.45, 7) is 3.47. The number of ether oxygens (including phenoxy) is 14. The number of hydrogen-bond donors (Lipinski definition) is 17.